The summed E-state index contributed by atoms with van der Waals surface area (Å²) in [5.41, 5.74) is 2.08. The van der Waals surface area contributed by atoms with Crippen molar-refractivity contribution in [2.24, 2.45) is 0 Å². The van der Waals surface area contributed by atoms with Crippen molar-refractivity contribution in [2.45, 2.75) is 18.9 Å². The zero-order chi connectivity index (χ0) is 10.5. The van der Waals surface area contributed by atoms with Crippen LogP contribution in [0.5, 0.6) is 0 Å². The van der Waals surface area contributed by atoms with Crippen LogP contribution in [-0.4, -0.2) is 24.7 Å². The van der Waals surface area contributed by atoms with Gasteiger partial charge in [0.05, 0.1) is 19.6 Å². The van der Waals surface area contributed by atoms with Gasteiger partial charge in [-0.05, 0) is 18.6 Å². The molecule has 0 bridgehead atoms. The summed E-state index contributed by atoms with van der Waals surface area (Å²) in [6.07, 6.45) is 0.534. The van der Waals surface area contributed by atoms with Gasteiger partial charge in [-0.2, -0.15) is 0 Å². The second-order valence-corrected chi connectivity index (χ2v) is 4.52. The molecule has 1 saturated heterocycles. The van der Waals surface area contributed by atoms with Gasteiger partial charge in [0.1, 0.15) is 5.60 Å². The maximum absolute atomic E-state index is 11.8. The minimum Gasteiger partial charge on any atom is -0.368 e. The molecule has 1 unspecified atom stereocenters. The quantitative estimate of drug-likeness (QED) is 0.680. The molecule has 0 spiro atoms. The molecule has 3 rings (SSSR count). The fourth-order valence-electron chi connectivity index (χ4n) is 2.04. The molecule has 3 nitrogen and oxygen atoms in total. The Morgan fingerprint density at radius 1 is 1.47 bits per heavy atom. The van der Waals surface area contributed by atoms with Crippen molar-refractivity contribution in [2.75, 3.05) is 18.1 Å². The number of amides is 1. The summed E-state index contributed by atoms with van der Waals surface area (Å²) in [6.45, 7) is 3.49. The number of benzene rings is 1. The van der Waals surface area contributed by atoms with Gasteiger partial charge in [-0.25, -0.2) is 0 Å². The van der Waals surface area contributed by atoms with E-state index in [1.165, 1.54) is 0 Å². The molecule has 15 heavy (non-hydrogen) atoms. The number of carbonyl (C=O) groups excluding carboxylic acids is 1. The number of fused-ring (bicyclic) bond motifs is 1. The fraction of sp³-hybridized carbons (Fsp3) is 0.417. The third kappa shape index (κ3) is 1.43. The van der Waals surface area contributed by atoms with Crippen molar-refractivity contribution in [1.29, 1.82) is 0 Å². The van der Waals surface area contributed by atoms with E-state index in [0.717, 1.165) is 17.9 Å². The van der Waals surface area contributed by atoms with Crippen LogP contribution in [0.25, 0.3) is 0 Å². The lowest BCUT2D eigenvalue weighted by atomic mass is 10.1. The Morgan fingerprint density at radius 2 is 2.20 bits per heavy atom. The van der Waals surface area contributed by atoms with Gasteiger partial charge >= 0.3 is 0 Å². The largest absolute Gasteiger partial charge is 0.368 e. The predicted octanol–water partition coefficient (Wildman–Crippen LogP) is 1.36. The highest BCUT2D eigenvalue weighted by Gasteiger charge is 2.43. The van der Waals surface area contributed by atoms with Crippen molar-refractivity contribution in [1.82, 2.24) is 0 Å². The Balaban J connectivity index is 1.92. The highest BCUT2D eigenvalue weighted by Crippen LogP contribution is 2.34. The van der Waals surface area contributed by atoms with Gasteiger partial charge in [0.15, 0.2) is 0 Å². The molecule has 1 aromatic carbocycles. The monoisotopic (exact) mass is 203 g/mol. The molecule has 0 aliphatic carbocycles. The van der Waals surface area contributed by atoms with Crippen LogP contribution < -0.4 is 4.90 Å². The number of rotatable bonds is 2. The molecule has 0 radical (unpaired) electrons. The van der Waals surface area contributed by atoms with Crippen molar-refractivity contribution in [3.63, 3.8) is 0 Å². The molecule has 2 aliphatic heterocycles. The molecule has 0 N–H and O–H groups in total. The molecule has 2 heterocycles. The molecule has 1 amide bonds. The van der Waals surface area contributed by atoms with Gasteiger partial charge in [-0.1, -0.05) is 18.2 Å². The molecule has 1 fully saturated rings. The summed E-state index contributed by atoms with van der Waals surface area (Å²) in [7, 11) is 0. The van der Waals surface area contributed by atoms with Crippen LogP contribution in [0.15, 0.2) is 24.3 Å². The van der Waals surface area contributed by atoms with E-state index < -0.39 is 0 Å². The average Bonchev–Trinajstić information content (AvgIpc) is 2.86. The van der Waals surface area contributed by atoms with Crippen molar-refractivity contribution < 1.29 is 9.53 Å². The minimum atomic E-state index is -0.104. The van der Waals surface area contributed by atoms with Crippen LogP contribution >= 0.6 is 0 Å². The van der Waals surface area contributed by atoms with Gasteiger partial charge < -0.3 is 9.64 Å². The smallest absolute Gasteiger partial charge is 0.231 e. The number of anilines is 1. The SMILES string of the molecule is CC1(CN2C(=O)Cc3ccccc32)CO1. The van der Waals surface area contributed by atoms with Crippen molar-refractivity contribution in [3.8, 4) is 0 Å². The number of ether oxygens (including phenoxy) is 1. The van der Waals surface area contributed by atoms with Gasteiger partial charge in [0, 0.05) is 5.69 Å². The Labute approximate surface area is 88.6 Å². The molecule has 0 aromatic heterocycles. The highest BCUT2D eigenvalue weighted by atomic mass is 16.6. The third-order valence-electron chi connectivity index (χ3n) is 3.05. The standard InChI is InChI=1S/C12H13NO2/c1-12(8-15-12)7-13-10-5-3-2-4-9(10)6-11(13)14/h2-5H,6-8H2,1H3. The Bertz CT molecular complexity index is 423. The predicted molar refractivity (Wildman–Crippen MR) is 56.9 cm³/mol. The highest BCUT2D eigenvalue weighted by molar-refractivity contribution is 6.01. The molecule has 1 aromatic rings. The lowest BCUT2D eigenvalue weighted by Gasteiger charge is -2.19. The average molecular weight is 203 g/mol. The van der Waals surface area contributed by atoms with Crippen LogP contribution in [0.4, 0.5) is 5.69 Å². The Morgan fingerprint density at radius 3 is 2.93 bits per heavy atom. The van der Waals surface area contributed by atoms with E-state index in [1.807, 2.05) is 36.1 Å². The van der Waals surface area contributed by atoms with Gasteiger partial charge in [-0.15, -0.1) is 0 Å². The summed E-state index contributed by atoms with van der Waals surface area (Å²) in [5, 5.41) is 0. The van der Waals surface area contributed by atoms with Crippen LogP contribution in [0.2, 0.25) is 0 Å². The number of nitrogens with zero attached hydrogens (tertiary/aromatic N) is 1. The Kier molecular flexibility index (Phi) is 1.68. The molecule has 3 heteroatoms. The molecule has 1 atom stereocenters. The van der Waals surface area contributed by atoms with E-state index >= 15 is 0 Å². The maximum atomic E-state index is 11.8. The van der Waals surface area contributed by atoms with E-state index in [1.54, 1.807) is 0 Å². The van der Waals surface area contributed by atoms with E-state index in [2.05, 4.69) is 0 Å². The van der Waals surface area contributed by atoms with Crippen LogP contribution in [0.1, 0.15) is 12.5 Å². The third-order valence-corrected chi connectivity index (χ3v) is 3.05. The zero-order valence-corrected chi connectivity index (χ0v) is 8.69. The molecule has 2 aliphatic rings. The first kappa shape index (κ1) is 8.92. The van der Waals surface area contributed by atoms with E-state index in [0.29, 0.717) is 13.0 Å². The lowest BCUT2D eigenvalue weighted by Crippen LogP contribution is -2.35. The van der Waals surface area contributed by atoms with Crippen LogP contribution in [-0.2, 0) is 16.0 Å². The van der Waals surface area contributed by atoms with Crippen molar-refractivity contribution >= 4 is 11.6 Å². The van der Waals surface area contributed by atoms with E-state index in [-0.39, 0.29) is 11.5 Å². The summed E-state index contributed by atoms with van der Waals surface area (Å²) in [6, 6.07) is 7.97. The zero-order valence-electron chi connectivity index (χ0n) is 8.69. The van der Waals surface area contributed by atoms with Crippen LogP contribution in [0.3, 0.4) is 0 Å². The van der Waals surface area contributed by atoms with Gasteiger partial charge in [0.25, 0.3) is 0 Å². The number of para-hydroxylation sites is 1. The number of epoxide rings is 1. The topological polar surface area (TPSA) is 32.8 Å². The van der Waals surface area contributed by atoms with Crippen molar-refractivity contribution in [3.05, 3.63) is 29.8 Å². The normalized spacial score (nSPS) is 28.1. The molecular formula is C12H13NO2. The number of hydrogen-bond donors (Lipinski definition) is 0. The summed E-state index contributed by atoms with van der Waals surface area (Å²) in [4.78, 5) is 13.7. The van der Waals surface area contributed by atoms with Gasteiger partial charge in [-0.3, -0.25) is 4.79 Å². The fourth-order valence-corrected chi connectivity index (χ4v) is 2.04. The van der Waals surface area contributed by atoms with Gasteiger partial charge in [0.2, 0.25) is 5.91 Å². The molecule has 78 valence electrons. The second-order valence-electron chi connectivity index (χ2n) is 4.52. The first-order valence-electron chi connectivity index (χ1n) is 5.20. The number of carbonyl (C=O) groups is 1. The first-order chi connectivity index (χ1) is 7.18. The number of hydrogen-bond acceptors (Lipinski definition) is 2. The Hall–Kier alpha value is -1.35. The summed E-state index contributed by atoms with van der Waals surface area (Å²) >= 11 is 0. The maximum Gasteiger partial charge on any atom is 0.231 e. The summed E-state index contributed by atoms with van der Waals surface area (Å²) < 4.78 is 5.33. The minimum absolute atomic E-state index is 0.104. The molecular weight excluding hydrogens is 190 g/mol. The molecule has 0 saturated carbocycles. The van der Waals surface area contributed by atoms with E-state index in [4.69, 9.17) is 4.74 Å². The lowest BCUT2D eigenvalue weighted by molar-refractivity contribution is -0.117. The summed E-state index contributed by atoms with van der Waals surface area (Å²) in [5.74, 6) is 0.188. The second kappa shape index (κ2) is 2.83. The van der Waals surface area contributed by atoms with Crippen LogP contribution in [0, 0.1) is 0 Å². The van der Waals surface area contributed by atoms with E-state index in [9.17, 15) is 4.79 Å². The first-order valence-corrected chi connectivity index (χ1v) is 5.20.